The van der Waals surface area contributed by atoms with Crippen molar-refractivity contribution in [3.05, 3.63) is 71.2 Å². The van der Waals surface area contributed by atoms with Crippen molar-refractivity contribution >= 4 is 17.3 Å². The van der Waals surface area contributed by atoms with E-state index in [2.05, 4.69) is 29.1 Å². The van der Waals surface area contributed by atoms with Gasteiger partial charge in [0.1, 0.15) is 6.23 Å². The van der Waals surface area contributed by atoms with E-state index in [9.17, 15) is 5.11 Å². The van der Waals surface area contributed by atoms with Crippen LogP contribution in [0, 0.1) is 0 Å². The van der Waals surface area contributed by atoms with E-state index in [0.717, 1.165) is 30.9 Å². The summed E-state index contributed by atoms with van der Waals surface area (Å²) >= 11 is 6.26. The number of hydrogen-bond acceptors (Lipinski definition) is 4. The molecule has 1 aromatic heterocycles. The van der Waals surface area contributed by atoms with Gasteiger partial charge in [-0.2, -0.15) is 0 Å². The Morgan fingerprint density at radius 3 is 2.52 bits per heavy atom. The van der Waals surface area contributed by atoms with Crippen LogP contribution in [0.25, 0.3) is 5.69 Å². The Hall–Kier alpha value is -2.21. The van der Waals surface area contributed by atoms with E-state index < -0.39 is 6.23 Å². The molecule has 0 aliphatic carbocycles. The van der Waals surface area contributed by atoms with Crippen molar-refractivity contribution in [1.29, 1.82) is 0 Å². The molecule has 0 spiro atoms. The Morgan fingerprint density at radius 2 is 1.91 bits per heavy atom. The third kappa shape index (κ3) is 10.5. The number of nitrogens with one attached hydrogen (secondary N) is 1. The topological polar surface area (TPSA) is 66.5 Å². The van der Waals surface area contributed by atoms with Crippen LogP contribution in [0.3, 0.4) is 0 Å². The maximum atomic E-state index is 10.5. The third-order valence-corrected chi connectivity index (χ3v) is 5.18. The molecule has 4 N–H and O–H groups in total. The first-order valence-corrected chi connectivity index (χ1v) is 12.6. The number of aliphatic hydroxyl groups is 1. The molecular weight excluding hydrogens is 432 g/mol. The first kappa shape index (κ1) is 30.8. The number of allylic oxidation sites excluding steroid dienone is 2. The number of likely N-dealkylation sites (N-methyl/N-ethyl adjacent to an activating group) is 1. The maximum absolute atomic E-state index is 10.5. The van der Waals surface area contributed by atoms with Crippen molar-refractivity contribution < 1.29 is 5.11 Å². The van der Waals surface area contributed by atoms with Gasteiger partial charge in [0, 0.05) is 42.1 Å². The summed E-state index contributed by atoms with van der Waals surface area (Å²) in [7, 11) is 0. The summed E-state index contributed by atoms with van der Waals surface area (Å²) in [5, 5.41) is 14.7. The molecule has 2 aromatic rings. The van der Waals surface area contributed by atoms with Crippen LogP contribution >= 0.6 is 11.6 Å². The first-order chi connectivity index (χ1) is 16.0. The van der Waals surface area contributed by atoms with Gasteiger partial charge in [-0.25, -0.2) is 0 Å². The second kappa shape index (κ2) is 18.2. The minimum atomic E-state index is -0.538. The first-order valence-electron chi connectivity index (χ1n) is 12.2. The quantitative estimate of drug-likeness (QED) is 0.252. The third-order valence-electron chi connectivity index (χ3n) is 4.95. The van der Waals surface area contributed by atoms with Crippen LogP contribution in [-0.2, 0) is 6.42 Å². The van der Waals surface area contributed by atoms with Gasteiger partial charge in [-0.05, 0) is 56.3 Å². The van der Waals surface area contributed by atoms with Crippen LogP contribution in [-0.4, -0.2) is 40.4 Å². The van der Waals surface area contributed by atoms with Crippen molar-refractivity contribution in [2.24, 2.45) is 5.73 Å². The number of halogens is 1. The number of nitrogens with zero attached hydrogens (tertiary/aromatic N) is 2. The van der Waals surface area contributed by atoms with E-state index in [1.54, 1.807) is 0 Å². The van der Waals surface area contributed by atoms with E-state index in [0.29, 0.717) is 23.7 Å². The number of aliphatic hydroxyl groups excluding tert-OH is 1. The molecule has 0 bridgehead atoms. The normalized spacial score (nSPS) is 12.1. The number of anilines is 1. The van der Waals surface area contributed by atoms with Crippen LogP contribution in [0.4, 0.5) is 5.69 Å². The summed E-state index contributed by atoms with van der Waals surface area (Å²) in [5.74, 6) is 0. The van der Waals surface area contributed by atoms with Crippen molar-refractivity contribution in [3.63, 3.8) is 0 Å². The molecule has 0 aliphatic rings. The lowest BCUT2D eigenvalue weighted by Gasteiger charge is -2.26. The zero-order valence-corrected chi connectivity index (χ0v) is 22.4. The Bertz CT molecular complexity index is 829. The summed E-state index contributed by atoms with van der Waals surface area (Å²) in [6.45, 7) is 16.3. The van der Waals surface area contributed by atoms with Crippen LogP contribution in [0.1, 0.15) is 60.6 Å². The van der Waals surface area contributed by atoms with Crippen LogP contribution in [0.5, 0.6) is 0 Å². The molecule has 0 aliphatic heterocycles. The second-order valence-electron chi connectivity index (χ2n) is 6.85. The Labute approximate surface area is 206 Å². The summed E-state index contributed by atoms with van der Waals surface area (Å²) in [6, 6.07) is 10.0. The fraction of sp³-hybridized carbons (Fsp3) is 0.481. The van der Waals surface area contributed by atoms with Gasteiger partial charge in [-0.15, -0.1) is 0 Å². The van der Waals surface area contributed by atoms with Crippen molar-refractivity contribution in [3.8, 4) is 5.69 Å². The summed E-state index contributed by atoms with van der Waals surface area (Å²) in [4.78, 5) is 2.03. The summed E-state index contributed by atoms with van der Waals surface area (Å²) < 4.78 is 2.16. The fourth-order valence-electron chi connectivity index (χ4n) is 3.22. The van der Waals surface area contributed by atoms with Gasteiger partial charge in [0.25, 0.3) is 0 Å². The molecule has 0 amide bonds. The van der Waals surface area contributed by atoms with Crippen molar-refractivity contribution in [1.82, 2.24) is 9.47 Å². The summed E-state index contributed by atoms with van der Waals surface area (Å²) in [5.41, 5.74) is 9.74. The molecular formula is C27H45ClN4O. The molecule has 1 unspecified atom stereocenters. The number of hydrogen-bond donors (Lipinski definition) is 3. The molecule has 5 nitrogen and oxygen atoms in total. The van der Waals surface area contributed by atoms with Crippen LogP contribution < -0.4 is 11.1 Å². The fourth-order valence-corrected chi connectivity index (χ4v) is 3.38. The molecule has 1 atom stereocenters. The van der Waals surface area contributed by atoms with Crippen LogP contribution in [0.2, 0.25) is 5.02 Å². The minimum absolute atomic E-state index is 0.538. The monoisotopic (exact) mass is 476 g/mol. The lowest BCUT2D eigenvalue weighted by atomic mass is 10.2. The van der Waals surface area contributed by atoms with E-state index in [4.69, 9.17) is 17.3 Å². The average molecular weight is 477 g/mol. The Balaban J connectivity index is 0.00000242. The highest BCUT2D eigenvalue weighted by atomic mass is 35.5. The maximum Gasteiger partial charge on any atom is 0.110 e. The second-order valence-corrected chi connectivity index (χ2v) is 7.28. The Morgan fingerprint density at radius 1 is 1.21 bits per heavy atom. The van der Waals surface area contributed by atoms with E-state index >= 15 is 0 Å². The van der Waals surface area contributed by atoms with E-state index in [-0.39, 0.29) is 0 Å². The van der Waals surface area contributed by atoms with Gasteiger partial charge in [0.2, 0.25) is 0 Å². The lowest BCUT2D eigenvalue weighted by Crippen LogP contribution is -2.38. The van der Waals surface area contributed by atoms with Gasteiger partial charge in [0.15, 0.2) is 0 Å². The molecule has 0 saturated heterocycles. The van der Waals surface area contributed by atoms with Crippen molar-refractivity contribution in [2.45, 2.75) is 67.5 Å². The van der Waals surface area contributed by atoms with Gasteiger partial charge in [-0.3, -0.25) is 4.90 Å². The minimum Gasteiger partial charge on any atom is -0.399 e. The smallest absolute Gasteiger partial charge is 0.110 e. The van der Waals surface area contributed by atoms with Gasteiger partial charge < -0.3 is 20.7 Å². The number of aryl methyl sites for hydroxylation is 1. The van der Waals surface area contributed by atoms with E-state index in [1.165, 1.54) is 5.69 Å². The molecule has 186 valence electrons. The largest absolute Gasteiger partial charge is 0.399 e. The highest BCUT2D eigenvalue weighted by Crippen LogP contribution is 2.26. The molecule has 2 rings (SSSR count). The predicted octanol–water partition coefficient (Wildman–Crippen LogP) is 6.61. The standard InChI is InChI=1S/C23H33ClN4O.2C2H6/c1-4-19(25)9-7-11-23(29)27(6-3)16-14-26-21-13-12-18(24)17-22(21)28-15-8-10-20(28)5-2;2*1-2/h4,7-10,12-13,15,17,23,26,29H,5-6,11,14,16,25H2,1-3H3;2*1-2H3/b9-7-,19-4+;;. The lowest BCUT2D eigenvalue weighted by molar-refractivity contribution is 0.0127. The molecule has 1 heterocycles. The zero-order valence-electron chi connectivity index (χ0n) is 21.6. The number of rotatable bonds is 11. The van der Waals surface area contributed by atoms with Gasteiger partial charge >= 0.3 is 0 Å². The van der Waals surface area contributed by atoms with Crippen molar-refractivity contribution in [2.75, 3.05) is 25.0 Å². The molecule has 0 saturated carbocycles. The number of benzene rings is 1. The Kier molecular flexibility index (Phi) is 17.0. The van der Waals surface area contributed by atoms with E-state index in [1.807, 2.05) is 88.9 Å². The number of nitrogens with two attached hydrogens (primary N) is 1. The molecule has 1 aromatic carbocycles. The van der Waals surface area contributed by atoms with Gasteiger partial charge in [-0.1, -0.05) is 65.3 Å². The highest BCUT2D eigenvalue weighted by Gasteiger charge is 2.13. The summed E-state index contributed by atoms with van der Waals surface area (Å²) in [6.07, 6.45) is 8.58. The zero-order chi connectivity index (χ0) is 25.2. The average Bonchev–Trinajstić information content (AvgIpc) is 3.33. The highest BCUT2D eigenvalue weighted by molar-refractivity contribution is 6.30. The van der Waals surface area contributed by atoms with Gasteiger partial charge in [0.05, 0.1) is 11.4 Å². The molecule has 33 heavy (non-hydrogen) atoms. The SMILES string of the molecule is C/C=C(N)\C=C/CC(O)N(CC)CCNc1ccc(Cl)cc1-n1cccc1CC.CC.CC. The van der Waals surface area contributed by atoms with Crippen LogP contribution in [0.15, 0.2) is 60.5 Å². The predicted molar refractivity (Wildman–Crippen MR) is 146 cm³/mol. The molecule has 6 heteroatoms. The number of aromatic nitrogens is 1. The molecule has 0 fully saturated rings. The molecule has 0 radical (unpaired) electrons.